The molecule has 0 amide bonds. The predicted octanol–water partition coefficient (Wildman–Crippen LogP) is 6.22. The molecule has 2 aliphatic rings. The summed E-state index contributed by atoms with van der Waals surface area (Å²) in [5, 5.41) is 28.4. The summed E-state index contributed by atoms with van der Waals surface area (Å²) in [5.41, 5.74) is 0.381. The van der Waals surface area contributed by atoms with Crippen molar-refractivity contribution in [1.29, 1.82) is 0 Å². The number of aliphatic carboxylic acids is 2. The first-order valence-corrected chi connectivity index (χ1v) is 16.8. The Morgan fingerprint density at radius 3 is 2.29 bits per heavy atom. The van der Waals surface area contributed by atoms with E-state index in [1.54, 1.807) is 38.2 Å². The fraction of sp³-hybridized carbons (Fsp3) is 0.622. The number of aliphatic hydroxyl groups is 1. The van der Waals surface area contributed by atoms with E-state index in [0.717, 1.165) is 37.0 Å². The second kappa shape index (κ2) is 19.5. The third kappa shape index (κ3) is 13.2. The molecule has 0 bridgehead atoms. The third-order valence-corrected chi connectivity index (χ3v) is 9.00. The zero-order valence-corrected chi connectivity index (χ0v) is 29.2. The highest BCUT2D eigenvalue weighted by molar-refractivity contribution is 5.81. The van der Waals surface area contributed by atoms with Crippen LogP contribution < -0.4 is 0 Å². The predicted molar refractivity (Wildman–Crippen MR) is 180 cm³/mol. The largest absolute Gasteiger partial charge is 0.478 e. The maximum atomic E-state index is 13.0. The lowest BCUT2D eigenvalue weighted by atomic mass is 9.78. The molecule has 3 N–H and O–H groups in total. The summed E-state index contributed by atoms with van der Waals surface area (Å²) in [6, 6.07) is 0. The number of carboxylic acid groups (broad SMARTS) is 2. The molecule has 11 heteroatoms. The van der Waals surface area contributed by atoms with Gasteiger partial charge in [-0.15, -0.1) is 0 Å². The summed E-state index contributed by atoms with van der Waals surface area (Å²) in [5.74, 6) is -4.25. The fourth-order valence-electron chi connectivity index (χ4n) is 5.91. The zero-order chi connectivity index (χ0) is 35.9. The highest BCUT2D eigenvalue weighted by Crippen LogP contribution is 2.48. The number of allylic oxidation sites excluding steroid dienone is 4. The summed E-state index contributed by atoms with van der Waals surface area (Å²) in [7, 11) is 1.26. The smallest absolute Gasteiger partial charge is 0.328 e. The van der Waals surface area contributed by atoms with E-state index in [4.69, 9.17) is 19.3 Å². The van der Waals surface area contributed by atoms with Crippen LogP contribution in [0.3, 0.4) is 0 Å². The zero-order valence-electron chi connectivity index (χ0n) is 29.2. The molecule has 48 heavy (non-hydrogen) atoms. The normalized spacial score (nSPS) is 28.2. The minimum Gasteiger partial charge on any atom is -0.478 e. The highest BCUT2D eigenvalue weighted by atomic mass is 16.7. The summed E-state index contributed by atoms with van der Waals surface area (Å²) in [4.78, 5) is 46.8. The van der Waals surface area contributed by atoms with Gasteiger partial charge in [0.2, 0.25) is 0 Å². The number of aliphatic hydroxyl groups excluding tert-OH is 1. The molecule has 0 radical (unpaired) electrons. The van der Waals surface area contributed by atoms with Gasteiger partial charge in [-0.05, 0) is 57.4 Å². The molecule has 268 valence electrons. The van der Waals surface area contributed by atoms with Crippen LogP contribution in [0.25, 0.3) is 0 Å². The Bertz CT molecular complexity index is 1260. The molecule has 0 aliphatic carbocycles. The molecule has 0 aromatic rings. The standard InChI is InChI=1S/C37H54O11/c1-7-8-20-36(48-35(44)18-17-34(43)45-6)22-23-37(47-31(36)15-11-26(3)24-33(41)42)21-19-28(5)30(46-37)14-10-25(2)9-13-29(38)27(4)12-16-32(39)40/h9-13,15-16,24,27-31,38H,7-8,14,17-23H2,1-6H3,(H,39,40)(H,41,42)/b13-9+,15-11+,16-12+,25-10+,26-24+/t27-,28-,29-,30+,31-,36+,37-/m0/s1. The van der Waals surface area contributed by atoms with E-state index in [9.17, 15) is 29.4 Å². The summed E-state index contributed by atoms with van der Waals surface area (Å²) >= 11 is 0. The molecule has 1 spiro atoms. The van der Waals surface area contributed by atoms with Crippen molar-refractivity contribution in [2.24, 2.45) is 11.8 Å². The molecule has 0 saturated carbocycles. The Morgan fingerprint density at radius 2 is 1.65 bits per heavy atom. The quantitative estimate of drug-likeness (QED) is 0.0911. The molecule has 11 nitrogen and oxygen atoms in total. The number of carbonyl (C=O) groups is 4. The van der Waals surface area contributed by atoms with Gasteiger partial charge in [-0.2, -0.15) is 0 Å². The van der Waals surface area contributed by atoms with Crippen LogP contribution in [-0.4, -0.2) is 76.0 Å². The molecule has 2 rings (SSSR count). The van der Waals surface area contributed by atoms with Crippen LogP contribution in [0, 0.1) is 11.8 Å². The van der Waals surface area contributed by atoms with Crippen LogP contribution in [0.5, 0.6) is 0 Å². The van der Waals surface area contributed by atoms with Crippen molar-refractivity contribution in [3.63, 3.8) is 0 Å². The number of carbonyl (C=O) groups excluding carboxylic acids is 2. The minimum atomic E-state index is -1.07. The maximum absolute atomic E-state index is 13.0. The van der Waals surface area contributed by atoms with Crippen LogP contribution >= 0.6 is 0 Å². The third-order valence-electron chi connectivity index (χ3n) is 9.00. The molecular formula is C37H54O11. The van der Waals surface area contributed by atoms with Crippen molar-refractivity contribution in [2.75, 3.05) is 7.11 Å². The fourth-order valence-corrected chi connectivity index (χ4v) is 5.91. The summed E-state index contributed by atoms with van der Waals surface area (Å²) in [6.07, 6.45) is 15.6. The lowest BCUT2D eigenvalue weighted by Crippen LogP contribution is -2.59. The Morgan fingerprint density at radius 1 is 0.938 bits per heavy atom. The van der Waals surface area contributed by atoms with Crippen LogP contribution in [0.15, 0.2) is 59.8 Å². The minimum absolute atomic E-state index is 0.102. The van der Waals surface area contributed by atoms with Gasteiger partial charge in [0.15, 0.2) is 5.79 Å². The van der Waals surface area contributed by atoms with Crippen molar-refractivity contribution in [1.82, 2.24) is 0 Å². The Labute approximate surface area is 284 Å². The number of hydrogen-bond acceptors (Lipinski definition) is 9. The van der Waals surface area contributed by atoms with Gasteiger partial charge in [0.05, 0.1) is 32.2 Å². The van der Waals surface area contributed by atoms with Gasteiger partial charge < -0.3 is 34.3 Å². The molecule has 2 aliphatic heterocycles. The number of hydrogen-bond donors (Lipinski definition) is 3. The molecule has 2 saturated heterocycles. The summed E-state index contributed by atoms with van der Waals surface area (Å²) < 4.78 is 24.4. The number of ether oxygens (including phenoxy) is 4. The second-order valence-corrected chi connectivity index (χ2v) is 13.0. The Kier molecular flexibility index (Phi) is 16.5. The van der Waals surface area contributed by atoms with Crippen molar-refractivity contribution in [3.05, 3.63) is 59.8 Å². The van der Waals surface area contributed by atoms with Gasteiger partial charge in [-0.1, -0.05) is 69.2 Å². The first-order chi connectivity index (χ1) is 22.6. The lowest BCUT2D eigenvalue weighted by Gasteiger charge is -2.53. The average molecular weight is 675 g/mol. The number of esters is 2. The number of rotatable bonds is 17. The van der Waals surface area contributed by atoms with E-state index in [0.29, 0.717) is 37.7 Å². The van der Waals surface area contributed by atoms with Gasteiger partial charge in [0.25, 0.3) is 0 Å². The van der Waals surface area contributed by atoms with Gasteiger partial charge in [0, 0.05) is 30.9 Å². The van der Waals surface area contributed by atoms with Crippen LogP contribution in [0.4, 0.5) is 0 Å². The van der Waals surface area contributed by atoms with Gasteiger partial charge >= 0.3 is 23.9 Å². The van der Waals surface area contributed by atoms with Crippen molar-refractivity contribution in [2.45, 2.75) is 129 Å². The molecule has 0 aromatic carbocycles. The number of unbranched alkanes of at least 4 members (excludes halogenated alkanes) is 1. The van der Waals surface area contributed by atoms with Crippen molar-refractivity contribution in [3.8, 4) is 0 Å². The number of carboxylic acids is 2. The number of methoxy groups -OCH3 is 1. The Balaban J connectivity index is 2.31. The van der Waals surface area contributed by atoms with E-state index in [1.165, 1.54) is 13.2 Å². The highest BCUT2D eigenvalue weighted by Gasteiger charge is 2.54. The van der Waals surface area contributed by atoms with E-state index >= 15 is 0 Å². The van der Waals surface area contributed by atoms with Crippen molar-refractivity contribution >= 4 is 23.9 Å². The van der Waals surface area contributed by atoms with Gasteiger partial charge in [-0.3, -0.25) is 9.59 Å². The van der Waals surface area contributed by atoms with E-state index < -0.39 is 47.5 Å². The first-order valence-electron chi connectivity index (χ1n) is 16.8. The maximum Gasteiger partial charge on any atom is 0.328 e. The molecule has 2 heterocycles. The van der Waals surface area contributed by atoms with E-state index in [1.807, 2.05) is 19.9 Å². The lowest BCUT2D eigenvalue weighted by molar-refractivity contribution is -0.344. The van der Waals surface area contributed by atoms with Crippen molar-refractivity contribution < 1.29 is 53.4 Å². The van der Waals surface area contributed by atoms with Crippen LogP contribution in [0.1, 0.15) is 98.8 Å². The first kappa shape index (κ1) is 40.6. The molecule has 7 atom stereocenters. The van der Waals surface area contributed by atoms with E-state index in [2.05, 4.69) is 11.7 Å². The molecule has 2 fully saturated rings. The average Bonchev–Trinajstić information content (AvgIpc) is 3.04. The SMILES string of the molecule is CCCC[C@@]1(OC(=O)CCC(=O)OC)CC[C@]2(CC[C@H](C)[C@@H](C/C=C(C)/C=C/[C@H](O)[C@@H](C)/C=C/C(=O)O)O2)O[C@H]1/C=C/C(C)=C/C(=O)O. The second-order valence-electron chi connectivity index (χ2n) is 13.0. The van der Waals surface area contributed by atoms with Gasteiger partial charge in [-0.25, -0.2) is 9.59 Å². The molecule has 0 unspecified atom stereocenters. The van der Waals surface area contributed by atoms with E-state index in [-0.39, 0.29) is 30.8 Å². The molecule has 0 aromatic heterocycles. The summed E-state index contributed by atoms with van der Waals surface area (Å²) in [6.45, 7) is 9.50. The molecular weight excluding hydrogens is 620 g/mol. The monoisotopic (exact) mass is 674 g/mol. The topological polar surface area (TPSA) is 166 Å². The van der Waals surface area contributed by atoms with Crippen LogP contribution in [-0.2, 0) is 38.1 Å². The Hall–Kier alpha value is -3.54. The van der Waals surface area contributed by atoms with Gasteiger partial charge in [0.1, 0.15) is 11.7 Å². The van der Waals surface area contributed by atoms with Crippen LogP contribution in [0.2, 0.25) is 0 Å².